The van der Waals surface area contributed by atoms with Crippen LogP contribution in [0, 0.1) is 0 Å². The van der Waals surface area contributed by atoms with E-state index in [9.17, 15) is 0 Å². The van der Waals surface area contributed by atoms with Crippen molar-refractivity contribution >= 4 is 10.9 Å². The molecule has 0 spiro atoms. The number of ether oxygens (including phenoxy) is 2. The number of rotatable bonds is 8. The third-order valence-electron chi connectivity index (χ3n) is 3.30. The molecule has 20 heavy (non-hydrogen) atoms. The first-order valence-electron chi connectivity index (χ1n) is 7.10. The topological polar surface area (TPSA) is 49.4 Å². The summed E-state index contributed by atoms with van der Waals surface area (Å²) in [5, 5.41) is 1.26. The molecule has 0 saturated heterocycles. The molecule has 2 N–H and O–H groups in total. The van der Waals surface area contributed by atoms with Gasteiger partial charge in [-0.15, -0.1) is 0 Å². The third-order valence-corrected chi connectivity index (χ3v) is 3.30. The van der Waals surface area contributed by atoms with Gasteiger partial charge in [0.05, 0.1) is 19.8 Å². The quantitative estimate of drug-likeness (QED) is 0.752. The van der Waals surface area contributed by atoms with Crippen molar-refractivity contribution < 1.29 is 9.47 Å². The van der Waals surface area contributed by atoms with Gasteiger partial charge in [0.15, 0.2) is 0 Å². The standard InChI is InChI=1S/C16H24N2O2/c1-13(17)11-14-3-4-15-5-6-18(16(15)12-14)7-8-20-10-9-19-2/h3-6,12-13H,7-11,17H2,1-2H3. The molecule has 1 aromatic heterocycles. The maximum Gasteiger partial charge on any atom is 0.0701 e. The van der Waals surface area contributed by atoms with Gasteiger partial charge in [0.1, 0.15) is 0 Å². The summed E-state index contributed by atoms with van der Waals surface area (Å²) < 4.78 is 12.7. The van der Waals surface area contributed by atoms with E-state index in [4.69, 9.17) is 15.2 Å². The van der Waals surface area contributed by atoms with Crippen molar-refractivity contribution in [3.8, 4) is 0 Å². The summed E-state index contributed by atoms with van der Waals surface area (Å²) in [4.78, 5) is 0. The zero-order chi connectivity index (χ0) is 14.4. The average molecular weight is 276 g/mol. The van der Waals surface area contributed by atoms with E-state index < -0.39 is 0 Å². The Hall–Kier alpha value is -1.36. The summed E-state index contributed by atoms with van der Waals surface area (Å²) in [6, 6.07) is 8.88. The minimum atomic E-state index is 0.188. The molecule has 4 heteroatoms. The maximum atomic E-state index is 5.87. The second-order valence-corrected chi connectivity index (χ2v) is 5.19. The highest BCUT2D eigenvalue weighted by atomic mass is 16.5. The van der Waals surface area contributed by atoms with Crippen LogP contribution in [0.25, 0.3) is 10.9 Å². The molecule has 0 aliphatic heterocycles. The first kappa shape index (κ1) is 15.0. The summed E-state index contributed by atoms with van der Waals surface area (Å²) in [6.45, 7) is 4.88. The largest absolute Gasteiger partial charge is 0.382 e. The second-order valence-electron chi connectivity index (χ2n) is 5.19. The van der Waals surface area contributed by atoms with Crippen LogP contribution in [0.1, 0.15) is 12.5 Å². The molecule has 0 aliphatic carbocycles. The predicted molar refractivity (Wildman–Crippen MR) is 82.0 cm³/mol. The number of nitrogens with two attached hydrogens (primary N) is 1. The molecular weight excluding hydrogens is 252 g/mol. The molecule has 0 fully saturated rings. The molecule has 110 valence electrons. The fourth-order valence-corrected chi connectivity index (χ4v) is 2.33. The van der Waals surface area contributed by atoms with Gasteiger partial charge in [0.25, 0.3) is 0 Å². The van der Waals surface area contributed by atoms with Gasteiger partial charge in [-0.25, -0.2) is 0 Å². The Morgan fingerprint density at radius 2 is 2.05 bits per heavy atom. The normalized spacial score (nSPS) is 12.9. The van der Waals surface area contributed by atoms with Crippen molar-refractivity contribution in [3.05, 3.63) is 36.0 Å². The van der Waals surface area contributed by atoms with Crippen molar-refractivity contribution in [2.45, 2.75) is 25.9 Å². The van der Waals surface area contributed by atoms with Gasteiger partial charge in [-0.1, -0.05) is 12.1 Å². The van der Waals surface area contributed by atoms with Crippen molar-refractivity contribution in [2.24, 2.45) is 5.73 Å². The average Bonchev–Trinajstić information content (AvgIpc) is 2.80. The van der Waals surface area contributed by atoms with Gasteiger partial charge in [-0.05, 0) is 36.4 Å². The molecule has 0 saturated carbocycles. The molecule has 1 aromatic carbocycles. The minimum Gasteiger partial charge on any atom is -0.382 e. The number of fused-ring (bicyclic) bond motifs is 1. The Morgan fingerprint density at radius 1 is 1.20 bits per heavy atom. The monoisotopic (exact) mass is 276 g/mol. The number of nitrogens with zero attached hydrogens (tertiary/aromatic N) is 1. The molecule has 1 atom stereocenters. The number of benzene rings is 1. The molecule has 1 unspecified atom stereocenters. The Morgan fingerprint density at radius 3 is 2.80 bits per heavy atom. The van der Waals surface area contributed by atoms with E-state index in [1.165, 1.54) is 16.5 Å². The smallest absolute Gasteiger partial charge is 0.0701 e. The molecule has 0 radical (unpaired) electrons. The lowest BCUT2D eigenvalue weighted by Gasteiger charge is -2.09. The van der Waals surface area contributed by atoms with Crippen LogP contribution in [0.3, 0.4) is 0 Å². The second kappa shape index (κ2) is 7.43. The molecule has 0 bridgehead atoms. The zero-order valence-electron chi connectivity index (χ0n) is 12.3. The molecule has 0 amide bonds. The summed E-state index contributed by atoms with van der Waals surface area (Å²) in [5.74, 6) is 0. The maximum absolute atomic E-state index is 5.87. The van der Waals surface area contributed by atoms with Gasteiger partial charge >= 0.3 is 0 Å². The van der Waals surface area contributed by atoms with E-state index in [2.05, 4.69) is 35.0 Å². The Balaban J connectivity index is 2.01. The lowest BCUT2D eigenvalue weighted by Crippen LogP contribution is -2.17. The highest BCUT2D eigenvalue weighted by Gasteiger charge is 2.04. The van der Waals surface area contributed by atoms with E-state index in [-0.39, 0.29) is 6.04 Å². The van der Waals surface area contributed by atoms with Crippen LogP contribution in [-0.2, 0) is 22.4 Å². The van der Waals surface area contributed by atoms with Crippen molar-refractivity contribution in [1.29, 1.82) is 0 Å². The molecule has 2 aromatic rings. The summed E-state index contributed by atoms with van der Waals surface area (Å²) >= 11 is 0. The summed E-state index contributed by atoms with van der Waals surface area (Å²) in [5.41, 5.74) is 8.40. The lowest BCUT2D eigenvalue weighted by atomic mass is 10.1. The van der Waals surface area contributed by atoms with E-state index in [1.807, 2.05) is 6.92 Å². The fourth-order valence-electron chi connectivity index (χ4n) is 2.33. The van der Waals surface area contributed by atoms with Gasteiger partial charge in [-0.2, -0.15) is 0 Å². The van der Waals surface area contributed by atoms with Gasteiger partial charge in [-0.3, -0.25) is 0 Å². The highest BCUT2D eigenvalue weighted by Crippen LogP contribution is 2.18. The predicted octanol–water partition coefficient (Wildman–Crippen LogP) is 2.19. The highest BCUT2D eigenvalue weighted by molar-refractivity contribution is 5.80. The van der Waals surface area contributed by atoms with Gasteiger partial charge in [0.2, 0.25) is 0 Å². The molecule has 4 nitrogen and oxygen atoms in total. The van der Waals surface area contributed by atoms with Crippen LogP contribution in [-0.4, -0.2) is 37.5 Å². The third kappa shape index (κ3) is 4.07. The summed E-state index contributed by atoms with van der Waals surface area (Å²) in [7, 11) is 1.68. The molecule has 2 rings (SSSR count). The number of aromatic nitrogens is 1. The number of methoxy groups -OCH3 is 1. The van der Waals surface area contributed by atoms with Gasteiger partial charge in [0, 0.05) is 31.4 Å². The van der Waals surface area contributed by atoms with E-state index in [1.54, 1.807) is 7.11 Å². The zero-order valence-corrected chi connectivity index (χ0v) is 12.3. The molecular formula is C16H24N2O2. The van der Waals surface area contributed by atoms with Crippen LogP contribution < -0.4 is 5.73 Å². The van der Waals surface area contributed by atoms with Crippen molar-refractivity contribution in [1.82, 2.24) is 4.57 Å². The summed E-state index contributed by atoms with van der Waals surface area (Å²) in [6.07, 6.45) is 3.02. The van der Waals surface area contributed by atoms with E-state index in [0.717, 1.165) is 13.0 Å². The Bertz CT molecular complexity index is 534. The first-order chi connectivity index (χ1) is 9.70. The van der Waals surface area contributed by atoms with Crippen molar-refractivity contribution in [2.75, 3.05) is 26.9 Å². The Labute approximate surface area is 120 Å². The van der Waals surface area contributed by atoms with Crippen LogP contribution >= 0.6 is 0 Å². The molecule has 0 aliphatic rings. The number of hydrogen-bond donors (Lipinski definition) is 1. The Kier molecular flexibility index (Phi) is 5.59. The molecule has 1 heterocycles. The van der Waals surface area contributed by atoms with E-state index >= 15 is 0 Å². The fraction of sp³-hybridized carbons (Fsp3) is 0.500. The SMILES string of the molecule is COCCOCCn1ccc2ccc(CC(C)N)cc21. The van der Waals surface area contributed by atoms with Crippen LogP contribution in [0.4, 0.5) is 0 Å². The van der Waals surface area contributed by atoms with Crippen LogP contribution in [0.2, 0.25) is 0 Å². The first-order valence-corrected chi connectivity index (χ1v) is 7.10. The van der Waals surface area contributed by atoms with Gasteiger partial charge < -0.3 is 19.8 Å². The van der Waals surface area contributed by atoms with Crippen molar-refractivity contribution in [3.63, 3.8) is 0 Å². The van der Waals surface area contributed by atoms with Crippen LogP contribution in [0.15, 0.2) is 30.5 Å². The minimum absolute atomic E-state index is 0.188. The van der Waals surface area contributed by atoms with Crippen LogP contribution in [0.5, 0.6) is 0 Å². The lowest BCUT2D eigenvalue weighted by molar-refractivity contribution is 0.0670. The van der Waals surface area contributed by atoms with E-state index in [0.29, 0.717) is 19.8 Å². The number of hydrogen-bond acceptors (Lipinski definition) is 3.